The monoisotopic (exact) mass is 375 g/mol. The molecule has 26 heavy (non-hydrogen) atoms. The minimum atomic E-state index is -0.176. The fraction of sp³-hybridized carbons (Fsp3) is 0.421. The lowest BCUT2D eigenvalue weighted by Gasteiger charge is -2.16. The molecule has 0 bridgehead atoms. The van der Waals surface area contributed by atoms with E-state index >= 15 is 0 Å². The van der Waals surface area contributed by atoms with Crippen LogP contribution in [0.1, 0.15) is 33.8 Å². The average Bonchev–Trinajstić information content (AvgIpc) is 3.23. The first-order chi connectivity index (χ1) is 12.5. The van der Waals surface area contributed by atoms with E-state index in [1.54, 1.807) is 18.7 Å². The molecular formula is C19H22ClN3O3. The minimum Gasteiger partial charge on any atom is -0.361 e. The van der Waals surface area contributed by atoms with Crippen LogP contribution in [0.5, 0.6) is 0 Å². The van der Waals surface area contributed by atoms with E-state index in [-0.39, 0.29) is 17.7 Å². The normalized spacial score (nSPS) is 16.7. The van der Waals surface area contributed by atoms with Gasteiger partial charge in [-0.2, -0.15) is 0 Å². The summed E-state index contributed by atoms with van der Waals surface area (Å²) in [6.07, 6.45) is 1.42. The van der Waals surface area contributed by atoms with Gasteiger partial charge in [0.25, 0.3) is 5.91 Å². The summed E-state index contributed by atoms with van der Waals surface area (Å²) in [5.74, 6) is 0.221. The molecule has 0 radical (unpaired) electrons. The Morgan fingerprint density at radius 2 is 2.04 bits per heavy atom. The van der Waals surface area contributed by atoms with Crippen molar-refractivity contribution >= 4 is 23.4 Å². The molecule has 1 N–H and O–H groups in total. The predicted octanol–water partition coefficient (Wildman–Crippen LogP) is 2.77. The summed E-state index contributed by atoms with van der Waals surface area (Å²) in [4.78, 5) is 26.7. The van der Waals surface area contributed by atoms with E-state index in [9.17, 15) is 9.59 Å². The number of hydrogen-bond donors (Lipinski definition) is 1. The molecule has 0 unspecified atom stereocenters. The van der Waals surface area contributed by atoms with Gasteiger partial charge in [0.05, 0.1) is 11.6 Å². The molecule has 1 aliphatic heterocycles. The van der Waals surface area contributed by atoms with Crippen molar-refractivity contribution < 1.29 is 14.1 Å². The summed E-state index contributed by atoms with van der Waals surface area (Å²) in [5, 5.41) is 7.49. The third-order valence-corrected chi connectivity index (χ3v) is 4.97. The lowest BCUT2D eigenvalue weighted by Crippen LogP contribution is -2.35. The van der Waals surface area contributed by atoms with Crippen molar-refractivity contribution in [3.63, 3.8) is 0 Å². The van der Waals surface area contributed by atoms with E-state index in [1.165, 1.54) is 0 Å². The van der Waals surface area contributed by atoms with Gasteiger partial charge in [-0.05, 0) is 44.4 Å². The maximum Gasteiger partial charge on any atom is 0.259 e. The average molecular weight is 376 g/mol. The predicted molar refractivity (Wildman–Crippen MR) is 98.2 cm³/mol. The number of hydrogen-bond acceptors (Lipinski definition) is 4. The number of likely N-dealkylation sites (tertiary alicyclic amines) is 1. The molecule has 7 heteroatoms. The van der Waals surface area contributed by atoms with Gasteiger partial charge < -0.3 is 14.7 Å². The van der Waals surface area contributed by atoms with Crippen LogP contribution >= 0.6 is 11.6 Å². The summed E-state index contributed by atoms with van der Waals surface area (Å²) in [6.45, 7) is 5.04. The van der Waals surface area contributed by atoms with E-state index in [1.807, 2.05) is 24.3 Å². The van der Waals surface area contributed by atoms with Crippen LogP contribution in [0.4, 0.5) is 0 Å². The van der Waals surface area contributed by atoms with Gasteiger partial charge in [0.2, 0.25) is 5.91 Å². The Hall–Kier alpha value is -2.34. The largest absolute Gasteiger partial charge is 0.361 e. The molecule has 0 aliphatic carbocycles. The summed E-state index contributed by atoms with van der Waals surface area (Å²) in [5.41, 5.74) is 2.22. The van der Waals surface area contributed by atoms with Crippen LogP contribution in [-0.2, 0) is 11.2 Å². The van der Waals surface area contributed by atoms with Gasteiger partial charge in [-0.15, -0.1) is 0 Å². The number of aryl methyl sites for hydroxylation is 2. The number of halogens is 1. The molecule has 0 saturated carbocycles. The Balaban J connectivity index is 1.49. The van der Waals surface area contributed by atoms with Crippen LogP contribution in [0.2, 0.25) is 5.02 Å². The van der Waals surface area contributed by atoms with Gasteiger partial charge in [0, 0.05) is 24.7 Å². The molecule has 1 aliphatic rings. The topological polar surface area (TPSA) is 75.4 Å². The highest BCUT2D eigenvalue weighted by Crippen LogP contribution is 2.22. The van der Waals surface area contributed by atoms with Gasteiger partial charge in [0.15, 0.2) is 0 Å². The number of rotatable bonds is 5. The number of carbonyl (C=O) groups excluding carboxylic acids is 2. The lowest BCUT2D eigenvalue weighted by molar-refractivity contribution is -0.124. The Morgan fingerprint density at radius 1 is 1.31 bits per heavy atom. The maximum absolute atomic E-state index is 12.6. The minimum absolute atomic E-state index is 0.00646. The van der Waals surface area contributed by atoms with E-state index in [0.29, 0.717) is 48.1 Å². The van der Waals surface area contributed by atoms with Gasteiger partial charge in [-0.3, -0.25) is 9.59 Å². The first-order valence-electron chi connectivity index (χ1n) is 8.70. The van der Waals surface area contributed by atoms with E-state index in [0.717, 1.165) is 12.0 Å². The van der Waals surface area contributed by atoms with Crippen molar-refractivity contribution in [2.45, 2.75) is 26.7 Å². The molecule has 1 fully saturated rings. The molecule has 1 aromatic heterocycles. The highest BCUT2D eigenvalue weighted by molar-refractivity contribution is 6.30. The SMILES string of the molecule is Cc1noc(C)c1C(=O)N1CC[C@H](C(=O)NCCc2ccc(Cl)cc2)C1. The fourth-order valence-corrected chi connectivity index (χ4v) is 3.36. The smallest absolute Gasteiger partial charge is 0.259 e. The van der Waals surface area contributed by atoms with Crippen LogP contribution in [0.15, 0.2) is 28.8 Å². The van der Waals surface area contributed by atoms with E-state index in [2.05, 4.69) is 10.5 Å². The first kappa shape index (κ1) is 18.5. The zero-order valence-electron chi connectivity index (χ0n) is 14.9. The van der Waals surface area contributed by atoms with E-state index in [4.69, 9.17) is 16.1 Å². The number of nitrogens with one attached hydrogen (secondary N) is 1. The van der Waals surface area contributed by atoms with Crippen LogP contribution in [0.25, 0.3) is 0 Å². The zero-order chi connectivity index (χ0) is 18.7. The van der Waals surface area contributed by atoms with Crippen molar-refractivity contribution in [1.29, 1.82) is 0 Å². The summed E-state index contributed by atoms with van der Waals surface area (Å²) in [7, 11) is 0. The summed E-state index contributed by atoms with van der Waals surface area (Å²) in [6, 6.07) is 7.59. The second kappa shape index (κ2) is 7.91. The molecule has 3 rings (SSSR count). The molecule has 138 valence electrons. The third kappa shape index (κ3) is 4.07. The van der Waals surface area contributed by atoms with Crippen LogP contribution in [0.3, 0.4) is 0 Å². The maximum atomic E-state index is 12.6. The fourth-order valence-electron chi connectivity index (χ4n) is 3.23. The molecule has 2 heterocycles. The Labute approximate surface area is 157 Å². The molecule has 6 nitrogen and oxygen atoms in total. The second-order valence-corrected chi connectivity index (χ2v) is 7.04. The molecule has 1 aromatic carbocycles. The molecule has 2 amide bonds. The van der Waals surface area contributed by atoms with Crippen molar-refractivity contribution in [2.24, 2.45) is 5.92 Å². The summed E-state index contributed by atoms with van der Waals surface area (Å²) >= 11 is 5.87. The number of carbonyl (C=O) groups is 2. The Kier molecular flexibility index (Phi) is 5.61. The van der Waals surface area contributed by atoms with Crippen LogP contribution < -0.4 is 5.32 Å². The highest BCUT2D eigenvalue weighted by Gasteiger charge is 2.33. The second-order valence-electron chi connectivity index (χ2n) is 6.60. The standard InChI is InChI=1S/C19H22ClN3O3/c1-12-17(13(2)26-22-12)19(25)23-10-8-15(11-23)18(24)21-9-7-14-3-5-16(20)6-4-14/h3-6,15H,7-11H2,1-2H3,(H,21,24)/t15-/m0/s1. The Morgan fingerprint density at radius 3 is 2.69 bits per heavy atom. The quantitative estimate of drug-likeness (QED) is 0.871. The molecule has 2 aromatic rings. The number of aromatic nitrogens is 1. The third-order valence-electron chi connectivity index (χ3n) is 4.72. The van der Waals surface area contributed by atoms with Crippen LogP contribution in [0, 0.1) is 19.8 Å². The van der Waals surface area contributed by atoms with Gasteiger partial charge in [0.1, 0.15) is 11.3 Å². The summed E-state index contributed by atoms with van der Waals surface area (Å²) < 4.78 is 5.07. The van der Waals surface area contributed by atoms with Crippen molar-refractivity contribution in [3.05, 3.63) is 51.9 Å². The number of benzene rings is 1. The first-order valence-corrected chi connectivity index (χ1v) is 9.08. The molecule has 1 saturated heterocycles. The number of nitrogens with zero attached hydrogens (tertiary/aromatic N) is 2. The Bertz CT molecular complexity index is 781. The molecule has 1 atom stereocenters. The van der Waals surface area contributed by atoms with Gasteiger partial charge >= 0.3 is 0 Å². The number of amides is 2. The zero-order valence-corrected chi connectivity index (χ0v) is 15.7. The van der Waals surface area contributed by atoms with Gasteiger partial charge in [-0.1, -0.05) is 28.9 Å². The van der Waals surface area contributed by atoms with Crippen molar-refractivity contribution in [1.82, 2.24) is 15.4 Å². The molecular weight excluding hydrogens is 354 g/mol. The van der Waals surface area contributed by atoms with E-state index < -0.39 is 0 Å². The van der Waals surface area contributed by atoms with Gasteiger partial charge in [-0.25, -0.2) is 0 Å². The van der Waals surface area contributed by atoms with Crippen molar-refractivity contribution in [3.8, 4) is 0 Å². The highest BCUT2D eigenvalue weighted by atomic mass is 35.5. The lowest BCUT2D eigenvalue weighted by atomic mass is 10.1. The molecule has 0 spiro atoms. The van der Waals surface area contributed by atoms with Crippen molar-refractivity contribution in [2.75, 3.05) is 19.6 Å². The van der Waals surface area contributed by atoms with Crippen LogP contribution in [-0.4, -0.2) is 41.5 Å².